The van der Waals surface area contributed by atoms with Gasteiger partial charge in [0, 0.05) is 25.3 Å². The molecule has 20 heavy (non-hydrogen) atoms. The van der Waals surface area contributed by atoms with E-state index in [9.17, 15) is 18.5 Å². The van der Waals surface area contributed by atoms with Gasteiger partial charge in [0.1, 0.15) is 5.69 Å². The van der Waals surface area contributed by atoms with E-state index in [1.165, 1.54) is 4.68 Å². The van der Waals surface area contributed by atoms with E-state index in [2.05, 4.69) is 10.4 Å². The quantitative estimate of drug-likeness (QED) is 0.601. The second kappa shape index (κ2) is 6.21. The van der Waals surface area contributed by atoms with Gasteiger partial charge < -0.3 is 5.32 Å². The van der Waals surface area contributed by atoms with Gasteiger partial charge in [-0.05, 0) is 0 Å². The summed E-state index contributed by atoms with van der Waals surface area (Å²) in [5.41, 5.74) is 0.301. The molecule has 1 aromatic rings. The first-order valence-electron chi connectivity index (χ1n) is 6.35. The predicted molar refractivity (Wildman–Crippen MR) is 76.8 cm³/mol. The Morgan fingerprint density at radius 1 is 1.45 bits per heavy atom. The van der Waals surface area contributed by atoms with E-state index in [0.29, 0.717) is 5.69 Å². The molecule has 1 heterocycles. The minimum Gasteiger partial charge on any atom is -0.364 e. The maximum absolute atomic E-state index is 11.4. The third kappa shape index (κ3) is 3.69. The van der Waals surface area contributed by atoms with Crippen molar-refractivity contribution in [3.63, 3.8) is 0 Å². The van der Waals surface area contributed by atoms with Crippen molar-refractivity contribution in [3.05, 3.63) is 15.8 Å². The van der Waals surface area contributed by atoms with E-state index in [4.69, 9.17) is 0 Å². The van der Waals surface area contributed by atoms with Crippen LogP contribution in [-0.2, 0) is 16.9 Å². The molecule has 0 unspecified atom stereocenters. The average Bonchev–Trinajstić information content (AvgIpc) is 2.67. The Morgan fingerprint density at radius 3 is 2.50 bits per heavy atom. The van der Waals surface area contributed by atoms with Crippen molar-refractivity contribution in [3.8, 4) is 0 Å². The van der Waals surface area contributed by atoms with Gasteiger partial charge in [-0.15, -0.1) is 0 Å². The lowest BCUT2D eigenvalue weighted by atomic mass is 10.1. The number of rotatable bonds is 7. The highest BCUT2D eigenvalue weighted by Gasteiger charge is 2.28. The highest BCUT2D eigenvalue weighted by molar-refractivity contribution is 7.91. The summed E-state index contributed by atoms with van der Waals surface area (Å²) in [5, 5.41) is 18.1. The molecule has 0 saturated carbocycles. The molecule has 0 aliphatic carbocycles. The maximum Gasteiger partial charge on any atom is 0.334 e. The molecular weight excluding hydrogens is 284 g/mol. The van der Waals surface area contributed by atoms with Crippen LogP contribution in [0.5, 0.6) is 0 Å². The number of aryl methyl sites for hydroxylation is 1. The fourth-order valence-corrected chi connectivity index (χ4v) is 2.47. The van der Waals surface area contributed by atoms with Crippen LogP contribution in [0.3, 0.4) is 0 Å². The van der Waals surface area contributed by atoms with Gasteiger partial charge >= 0.3 is 5.69 Å². The molecule has 0 atom stereocenters. The predicted octanol–water partition coefficient (Wildman–Crippen LogP) is 1.30. The Bertz CT molecular complexity index is 592. The van der Waals surface area contributed by atoms with E-state index in [1.807, 2.05) is 13.8 Å². The summed E-state index contributed by atoms with van der Waals surface area (Å²) in [7, 11) is -1.51. The van der Waals surface area contributed by atoms with Gasteiger partial charge in [0.05, 0.1) is 10.7 Å². The van der Waals surface area contributed by atoms with Crippen LogP contribution in [0.2, 0.25) is 0 Å². The van der Waals surface area contributed by atoms with Crippen molar-refractivity contribution in [2.45, 2.75) is 26.7 Å². The Balaban J connectivity index is 2.98. The van der Waals surface area contributed by atoms with Crippen LogP contribution in [0.4, 0.5) is 11.5 Å². The molecule has 114 valence electrons. The smallest absolute Gasteiger partial charge is 0.334 e. The second-order valence-electron chi connectivity index (χ2n) is 4.78. The molecule has 0 aromatic carbocycles. The minimum absolute atomic E-state index is 0.0550. The van der Waals surface area contributed by atoms with Gasteiger partial charge in [-0.3, -0.25) is 10.1 Å². The monoisotopic (exact) mass is 304 g/mol. The number of nitrogens with one attached hydrogen (secondary N) is 1. The number of hydrogen-bond acceptors (Lipinski definition) is 6. The van der Waals surface area contributed by atoms with Crippen LogP contribution in [0.25, 0.3) is 0 Å². The van der Waals surface area contributed by atoms with E-state index in [-0.39, 0.29) is 35.5 Å². The van der Waals surface area contributed by atoms with Crippen molar-refractivity contribution in [2.24, 2.45) is 7.05 Å². The van der Waals surface area contributed by atoms with E-state index in [1.54, 1.807) is 14.0 Å². The molecule has 0 bridgehead atoms. The summed E-state index contributed by atoms with van der Waals surface area (Å²) in [5.74, 6) is 0.143. The summed E-state index contributed by atoms with van der Waals surface area (Å²) in [6, 6.07) is 0. The van der Waals surface area contributed by atoms with E-state index >= 15 is 0 Å². The number of hydrogen-bond donors (Lipinski definition) is 1. The zero-order chi connectivity index (χ0) is 15.5. The van der Waals surface area contributed by atoms with Gasteiger partial charge in [0.15, 0.2) is 9.84 Å². The van der Waals surface area contributed by atoms with Crippen molar-refractivity contribution < 1.29 is 13.3 Å². The van der Waals surface area contributed by atoms with Gasteiger partial charge in [-0.25, -0.2) is 13.1 Å². The lowest BCUT2D eigenvalue weighted by Gasteiger charge is -2.06. The van der Waals surface area contributed by atoms with Gasteiger partial charge in [0.25, 0.3) is 0 Å². The molecule has 0 aliphatic heterocycles. The molecule has 0 aliphatic rings. The van der Waals surface area contributed by atoms with Gasteiger partial charge in [-0.2, -0.15) is 5.10 Å². The molecule has 9 heteroatoms. The lowest BCUT2D eigenvalue weighted by Crippen LogP contribution is -2.18. The Morgan fingerprint density at radius 2 is 2.05 bits per heavy atom. The van der Waals surface area contributed by atoms with Crippen molar-refractivity contribution in [1.29, 1.82) is 0 Å². The summed E-state index contributed by atoms with van der Waals surface area (Å²) in [6.45, 7) is 5.33. The van der Waals surface area contributed by atoms with Crippen molar-refractivity contribution in [1.82, 2.24) is 9.78 Å². The van der Waals surface area contributed by atoms with Crippen molar-refractivity contribution >= 4 is 21.3 Å². The van der Waals surface area contributed by atoms with Crippen LogP contribution in [-0.4, -0.2) is 41.2 Å². The first-order valence-corrected chi connectivity index (χ1v) is 8.17. The maximum atomic E-state index is 11.4. The normalized spacial score (nSPS) is 11.8. The van der Waals surface area contributed by atoms with Gasteiger partial charge in [-0.1, -0.05) is 20.8 Å². The summed E-state index contributed by atoms with van der Waals surface area (Å²) in [6.07, 6.45) is 0. The third-order valence-electron chi connectivity index (χ3n) is 2.92. The zero-order valence-electron chi connectivity index (χ0n) is 12.1. The fourth-order valence-electron chi connectivity index (χ4n) is 1.77. The first-order chi connectivity index (χ1) is 9.19. The average molecular weight is 304 g/mol. The van der Waals surface area contributed by atoms with Crippen LogP contribution in [0.1, 0.15) is 32.4 Å². The van der Waals surface area contributed by atoms with Crippen LogP contribution in [0, 0.1) is 10.1 Å². The first kappa shape index (κ1) is 16.4. The molecule has 0 radical (unpaired) electrons. The molecule has 0 fully saturated rings. The summed E-state index contributed by atoms with van der Waals surface area (Å²) >= 11 is 0. The molecule has 0 amide bonds. The number of aromatic nitrogens is 2. The Kier molecular flexibility index (Phi) is 5.09. The largest absolute Gasteiger partial charge is 0.364 e. The molecule has 0 saturated heterocycles. The Labute approximate surface area is 118 Å². The van der Waals surface area contributed by atoms with E-state index < -0.39 is 14.8 Å². The highest BCUT2D eigenvalue weighted by Crippen LogP contribution is 2.32. The third-order valence-corrected chi connectivity index (χ3v) is 4.63. The number of nitro groups is 1. The number of anilines is 1. The molecule has 1 rings (SSSR count). The van der Waals surface area contributed by atoms with Crippen LogP contribution >= 0.6 is 0 Å². The molecule has 8 nitrogen and oxygen atoms in total. The lowest BCUT2D eigenvalue weighted by molar-refractivity contribution is -0.384. The minimum atomic E-state index is -3.11. The van der Waals surface area contributed by atoms with Crippen molar-refractivity contribution in [2.75, 3.05) is 23.4 Å². The summed E-state index contributed by atoms with van der Waals surface area (Å²) < 4.78 is 24.2. The summed E-state index contributed by atoms with van der Waals surface area (Å²) in [4.78, 5) is 10.7. The highest BCUT2D eigenvalue weighted by atomic mass is 32.2. The van der Waals surface area contributed by atoms with Crippen LogP contribution in [0.15, 0.2) is 0 Å². The molecule has 1 N–H and O–H groups in total. The van der Waals surface area contributed by atoms with Crippen LogP contribution < -0.4 is 5.32 Å². The second-order valence-corrected chi connectivity index (χ2v) is 7.25. The molecule has 0 spiro atoms. The number of nitrogens with zero attached hydrogens (tertiary/aromatic N) is 3. The fraction of sp³-hybridized carbons (Fsp3) is 0.727. The zero-order valence-corrected chi connectivity index (χ0v) is 12.9. The topological polar surface area (TPSA) is 107 Å². The molecular formula is C11H20N4O4S. The SMILES string of the molecule is CCS(=O)(=O)CCNc1c([N+](=O)[O-])c(C(C)C)nn1C. The Hall–Kier alpha value is -1.64. The standard InChI is InChI=1S/C11H20N4O4S/c1-5-20(18,19)7-6-12-11-10(15(16)17)9(8(2)3)13-14(11)4/h8,12H,5-7H2,1-4H3. The van der Waals surface area contributed by atoms with Gasteiger partial charge in [0.2, 0.25) is 5.82 Å². The molecule has 1 aromatic heterocycles. The van der Waals surface area contributed by atoms with E-state index in [0.717, 1.165) is 0 Å². The number of sulfone groups is 1.